The van der Waals surface area contributed by atoms with Gasteiger partial charge in [0.05, 0.1) is 5.69 Å². The van der Waals surface area contributed by atoms with Crippen molar-refractivity contribution in [1.82, 2.24) is 0 Å². The van der Waals surface area contributed by atoms with Crippen LogP contribution >= 0.6 is 0 Å². The molecule has 0 saturated carbocycles. The summed E-state index contributed by atoms with van der Waals surface area (Å²) in [6.07, 6.45) is 3.28. The van der Waals surface area contributed by atoms with Crippen molar-refractivity contribution >= 4 is 11.4 Å². The fourth-order valence-corrected chi connectivity index (χ4v) is 2.16. The van der Waals surface area contributed by atoms with Gasteiger partial charge in [-0.15, -0.1) is 0 Å². The minimum absolute atomic E-state index is 0.154. The third kappa shape index (κ3) is 2.26. The third-order valence-electron chi connectivity index (χ3n) is 2.86. The average Bonchev–Trinajstić information content (AvgIpc) is 2.78. The molecule has 1 aliphatic rings. The molecule has 4 nitrogen and oxygen atoms in total. The van der Waals surface area contributed by atoms with Gasteiger partial charge in [-0.1, -0.05) is 6.07 Å². The van der Waals surface area contributed by atoms with E-state index < -0.39 is 0 Å². The van der Waals surface area contributed by atoms with Gasteiger partial charge in [0.25, 0.3) is 0 Å². The molecule has 0 aromatic heterocycles. The summed E-state index contributed by atoms with van der Waals surface area (Å²) in [6, 6.07) is 7.65. The Labute approximate surface area is 100 Å². The molecule has 0 heterocycles. The van der Waals surface area contributed by atoms with Gasteiger partial charge in [-0.2, -0.15) is 15.6 Å². The number of benzene rings is 1. The number of aryl methyl sites for hydroxylation is 2. The first-order valence-corrected chi connectivity index (χ1v) is 5.51. The lowest BCUT2D eigenvalue weighted by Gasteiger charge is -2.09. The molecular weight excluding hydrogens is 212 g/mol. The Hall–Kier alpha value is -2.33. The van der Waals surface area contributed by atoms with Crippen molar-refractivity contribution < 1.29 is 0 Å². The SMILES string of the molecule is Cc1cc2c(c(NN=C(C#N)C#N)c1)CCC2. The van der Waals surface area contributed by atoms with Crippen LogP contribution in [0.1, 0.15) is 23.1 Å². The van der Waals surface area contributed by atoms with Crippen molar-refractivity contribution in [2.45, 2.75) is 26.2 Å². The summed E-state index contributed by atoms with van der Waals surface area (Å²) < 4.78 is 0. The molecule has 0 saturated heterocycles. The van der Waals surface area contributed by atoms with Crippen LogP contribution in [0.15, 0.2) is 17.2 Å². The van der Waals surface area contributed by atoms with Gasteiger partial charge in [0, 0.05) is 0 Å². The zero-order valence-electron chi connectivity index (χ0n) is 9.62. The zero-order valence-corrected chi connectivity index (χ0v) is 9.62. The van der Waals surface area contributed by atoms with E-state index in [0.29, 0.717) is 0 Å². The molecule has 0 bridgehead atoms. The normalized spacial score (nSPS) is 12.2. The lowest BCUT2D eigenvalue weighted by molar-refractivity contribution is 0.911. The van der Waals surface area contributed by atoms with E-state index in [2.05, 4.69) is 16.6 Å². The molecule has 1 N–H and O–H groups in total. The van der Waals surface area contributed by atoms with E-state index in [9.17, 15) is 0 Å². The van der Waals surface area contributed by atoms with Gasteiger partial charge in [0.15, 0.2) is 0 Å². The van der Waals surface area contributed by atoms with E-state index in [0.717, 1.165) is 24.9 Å². The summed E-state index contributed by atoms with van der Waals surface area (Å²) in [5.41, 5.74) is 7.36. The van der Waals surface area contributed by atoms with Gasteiger partial charge in [0.1, 0.15) is 12.1 Å². The Morgan fingerprint density at radius 1 is 1.29 bits per heavy atom. The molecule has 1 aliphatic carbocycles. The lowest BCUT2D eigenvalue weighted by atomic mass is 10.1. The molecule has 0 aliphatic heterocycles. The smallest absolute Gasteiger partial charge is 0.237 e. The highest BCUT2D eigenvalue weighted by Crippen LogP contribution is 2.30. The quantitative estimate of drug-likeness (QED) is 0.618. The molecule has 0 atom stereocenters. The standard InChI is InChI=1S/C13H12N4/c1-9-5-10-3-2-4-12(10)13(6-9)17-16-11(7-14)8-15/h5-6,17H,2-4H2,1H3. The second kappa shape index (κ2) is 4.67. The molecule has 0 unspecified atom stereocenters. The van der Waals surface area contributed by atoms with Crippen LogP contribution in [0, 0.1) is 29.6 Å². The number of nitriles is 2. The first-order valence-electron chi connectivity index (χ1n) is 5.51. The van der Waals surface area contributed by atoms with Gasteiger partial charge < -0.3 is 0 Å². The number of hydrogen-bond donors (Lipinski definition) is 1. The predicted octanol–water partition coefficient (Wildman–Crippen LogP) is 2.30. The van der Waals surface area contributed by atoms with Crippen molar-refractivity contribution in [1.29, 1.82) is 10.5 Å². The van der Waals surface area contributed by atoms with Crippen molar-refractivity contribution in [2.24, 2.45) is 5.10 Å². The maximum atomic E-state index is 8.61. The molecule has 1 aromatic rings. The molecule has 0 radical (unpaired) electrons. The highest BCUT2D eigenvalue weighted by Gasteiger charge is 2.15. The molecule has 2 rings (SSSR count). The van der Waals surface area contributed by atoms with Crippen LogP contribution in [0.3, 0.4) is 0 Å². The second-order valence-corrected chi connectivity index (χ2v) is 4.10. The van der Waals surface area contributed by atoms with E-state index in [1.54, 1.807) is 12.1 Å². The fraction of sp³-hybridized carbons (Fsp3) is 0.308. The van der Waals surface area contributed by atoms with Crippen molar-refractivity contribution in [3.05, 3.63) is 28.8 Å². The molecule has 4 heteroatoms. The highest BCUT2D eigenvalue weighted by atomic mass is 15.3. The highest BCUT2D eigenvalue weighted by molar-refractivity contribution is 6.10. The predicted molar refractivity (Wildman–Crippen MR) is 65.5 cm³/mol. The number of hydrogen-bond acceptors (Lipinski definition) is 4. The van der Waals surface area contributed by atoms with Crippen LogP contribution in [0.4, 0.5) is 5.69 Å². The number of nitrogens with zero attached hydrogens (tertiary/aromatic N) is 3. The summed E-state index contributed by atoms with van der Waals surface area (Å²) in [4.78, 5) is 0. The summed E-state index contributed by atoms with van der Waals surface area (Å²) in [5.74, 6) is 0. The van der Waals surface area contributed by atoms with Gasteiger partial charge >= 0.3 is 0 Å². The summed E-state index contributed by atoms with van der Waals surface area (Å²) in [5, 5.41) is 21.0. The maximum Gasteiger partial charge on any atom is 0.237 e. The van der Waals surface area contributed by atoms with Crippen molar-refractivity contribution in [3.63, 3.8) is 0 Å². The Kier molecular flexibility index (Phi) is 3.07. The number of nitrogens with one attached hydrogen (secondary N) is 1. The van der Waals surface area contributed by atoms with Crippen LogP contribution in [0.2, 0.25) is 0 Å². The van der Waals surface area contributed by atoms with E-state index in [4.69, 9.17) is 10.5 Å². The maximum absolute atomic E-state index is 8.61. The molecule has 84 valence electrons. The minimum atomic E-state index is -0.154. The monoisotopic (exact) mass is 224 g/mol. The van der Waals surface area contributed by atoms with E-state index in [1.165, 1.54) is 16.7 Å². The average molecular weight is 224 g/mol. The number of rotatable bonds is 2. The largest absolute Gasteiger partial charge is 0.276 e. The molecular formula is C13H12N4. The van der Waals surface area contributed by atoms with Crippen molar-refractivity contribution in [3.8, 4) is 12.1 Å². The number of fused-ring (bicyclic) bond motifs is 1. The summed E-state index contributed by atoms with van der Waals surface area (Å²) in [6.45, 7) is 2.03. The molecule has 0 fully saturated rings. The van der Waals surface area contributed by atoms with Crippen LogP contribution < -0.4 is 5.43 Å². The number of anilines is 1. The Morgan fingerprint density at radius 2 is 2.06 bits per heavy atom. The first-order chi connectivity index (χ1) is 8.24. The van der Waals surface area contributed by atoms with Gasteiger partial charge in [0.2, 0.25) is 5.71 Å². The third-order valence-corrected chi connectivity index (χ3v) is 2.86. The first kappa shape index (κ1) is 11.2. The van der Waals surface area contributed by atoms with Gasteiger partial charge in [-0.25, -0.2) is 0 Å². The van der Waals surface area contributed by atoms with Crippen LogP contribution in [0.5, 0.6) is 0 Å². The Morgan fingerprint density at radius 3 is 2.76 bits per heavy atom. The fourth-order valence-electron chi connectivity index (χ4n) is 2.16. The zero-order chi connectivity index (χ0) is 12.3. The molecule has 17 heavy (non-hydrogen) atoms. The summed E-state index contributed by atoms with van der Waals surface area (Å²) >= 11 is 0. The number of hydrazone groups is 1. The second-order valence-electron chi connectivity index (χ2n) is 4.10. The van der Waals surface area contributed by atoms with E-state index in [-0.39, 0.29) is 5.71 Å². The lowest BCUT2D eigenvalue weighted by Crippen LogP contribution is -2.00. The Balaban J connectivity index is 2.32. The molecule has 0 spiro atoms. The summed E-state index contributed by atoms with van der Waals surface area (Å²) in [7, 11) is 0. The van der Waals surface area contributed by atoms with Crippen LogP contribution in [0.25, 0.3) is 0 Å². The van der Waals surface area contributed by atoms with Crippen LogP contribution in [-0.4, -0.2) is 5.71 Å². The van der Waals surface area contributed by atoms with Gasteiger partial charge in [-0.3, -0.25) is 5.43 Å². The Bertz CT molecular complexity index is 542. The minimum Gasteiger partial charge on any atom is -0.276 e. The van der Waals surface area contributed by atoms with E-state index >= 15 is 0 Å². The van der Waals surface area contributed by atoms with Gasteiger partial charge in [-0.05, 0) is 48.9 Å². The molecule has 0 amide bonds. The van der Waals surface area contributed by atoms with E-state index in [1.807, 2.05) is 13.0 Å². The van der Waals surface area contributed by atoms with Crippen LogP contribution in [-0.2, 0) is 12.8 Å². The topological polar surface area (TPSA) is 72.0 Å². The molecule has 1 aromatic carbocycles. The van der Waals surface area contributed by atoms with Crippen molar-refractivity contribution in [2.75, 3.05) is 5.43 Å².